The Balaban J connectivity index is 2.44. The molecule has 0 radical (unpaired) electrons. The molecule has 0 aromatic heterocycles. The van der Waals surface area contributed by atoms with E-state index < -0.39 is 5.79 Å². The molecular weight excluding hydrogens is 94.1 g/mol. The summed E-state index contributed by atoms with van der Waals surface area (Å²) >= 11 is 0. The standard InChI is InChI=1S/C3H7N3O/c4-3(5)2(1-7)6-3/h1-2,6H,4-5H2. The summed E-state index contributed by atoms with van der Waals surface area (Å²) < 4.78 is 0. The van der Waals surface area contributed by atoms with E-state index in [1.54, 1.807) is 0 Å². The Kier molecular flexibility index (Phi) is 0.694. The monoisotopic (exact) mass is 101 g/mol. The van der Waals surface area contributed by atoms with E-state index in [9.17, 15) is 4.79 Å². The molecule has 1 unspecified atom stereocenters. The van der Waals surface area contributed by atoms with Crippen molar-refractivity contribution < 1.29 is 4.79 Å². The van der Waals surface area contributed by atoms with Gasteiger partial charge in [0.15, 0.2) is 0 Å². The van der Waals surface area contributed by atoms with Crippen LogP contribution in [0.15, 0.2) is 0 Å². The van der Waals surface area contributed by atoms with Crippen LogP contribution in [0.5, 0.6) is 0 Å². The second-order valence-electron chi connectivity index (χ2n) is 1.69. The Morgan fingerprint density at radius 1 is 1.71 bits per heavy atom. The molecule has 1 heterocycles. The van der Waals surface area contributed by atoms with Crippen LogP contribution in [-0.4, -0.2) is 18.1 Å². The van der Waals surface area contributed by atoms with Gasteiger partial charge in [-0.1, -0.05) is 0 Å². The number of carbonyl (C=O) groups excluding carboxylic acids is 1. The molecule has 4 nitrogen and oxygen atoms in total. The van der Waals surface area contributed by atoms with Crippen LogP contribution >= 0.6 is 0 Å². The van der Waals surface area contributed by atoms with E-state index in [1.165, 1.54) is 0 Å². The van der Waals surface area contributed by atoms with Crippen molar-refractivity contribution in [3.63, 3.8) is 0 Å². The molecule has 7 heavy (non-hydrogen) atoms. The van der Waals surface area contributed by atoms with Gasteiger partial charge in [-0.05, 0) is 0 Å². The Hall–Kier alpha value is -0.450. The fourth-order valence-electron chi connectivity index (χ4n) is 0.374. The zero-order valence-corrected chi connectivity index (χ0v) is 3.72. The third kappa shape index (κ3) is 0.628. The number of hydrogen-bond donors (Lipinski definition) is 3. The normalized spacial score (nSPS) is 34.9. The molecule has 0 amide bonds. The van der Waals surface area contributed by atoms with E-state index >= 15 is 0 Å². The molecule has 40 valence electrons. The highest BCUT2D eigenvalue weighted by molar-refractivity contribution is 5.65. The molecule has 1 aliphatic heterocycles. The van der Waals surface area contributed by atoms with Gasteiger partial charge in [-0.25, -0.2) is 0 Å². The summed E-state index contributed by atoms with van der Waals surface area (Å²) in [6.45, 7) is 0. The minimum Gasteiger partial charge on any atom is -0.301 e. The number of hydrogen-bond acceptors (Lipinski definition) is 4. The maximum absolute atomic E-state index is 9.76. The van der Waals surface area contributed by atoms with Gasteiger partial charge in [0.2, 0.25) is 0 Å². The SMILES string of the molecule is NC1(N)NC1C=O. The first kappa shape index (κ1) is 4.70. The maximum Gasteiger partial charge on any atom is 0.142 e. The summed E-state index contributed by atoms with van der Waals surface area (Å²) in [5.74, 6) is -0.901. The van der Waals surface area contributed by atoms with E-state index in [4.69, 9.17) is 11.5 Å². The summed E-state index contributed by atoms with van der Waals surface area (Å²) in [5, 5.41) is 2.55. The van der Waals surface area contributed by atoms with Crippen LogP contribution < -0.4 is 16.8 Å². The highest BCUT2D eigenvalue weighted by atomic mass is 16.1. The van der Waals surface area contributed by atoms with E-state index in [-0.39, 0.29) is 6.04 Å². The Morgan fingerprint density at radius 3 is 2.14 bits per heavy atom. The molecule has 0 spiro atoms. The van der Waals surface area contributed by atoms with Gasteiger partial charge in [-0.2, -0.15) is 0 Å². The lowest BCUT2D eigenvalue weighted by Crippen LogP contribution is -2.40. The fraction of sp³-hybridized carbons (Fsp3) is 0.667. The number of rotatable bonds is 1. The number of aldehydes is 1. The molecule has 0 aromatic rings. The Morgan fingerprint density at radius 2 is 2.14 bits per heavy atom. The molecule has 5 N–H and O–H groups in total. The summed E-state index contributed by atoms with van der Waals surface area (Å²) in [5.41, 5.74) is 10.3. The molecule has 4 heteroatoms. The topological polar surface area (TPSA) is 91.1 Å². The van der Waals surface area contributed by atoms with Gasteiger partial charge < -0.3 is 4.79 Å². The lowest BCUT2D eigenvalue weighted by atomic mass is 10.4. The minimum atomic E-state index is -0.901. The predicted molar refractivity (Wildman–Crippen MR) is 24.1 cm³/mol. The summed E-state index contributed by atoms with van der Waals surface area (Å²) in [4.78, 5) is 9.76. The first-order valence-corrected chi connectivity index (χ1v) is 1.97. The lowest BCUT2D eigenvalue weighted by Gasteiger charge is -1.90. The zero-order valence-electron chi connectivity index (χ0n) is 3.72. The highest BCUT2D eigenvalue weighted by Crippen LogP contribution is 2.08. The highest BCUT2D eigenvalue weighted by Gasteiger charge is 2.46. The average Bonchev–Trinajstić information content (AvgIpc) is 2.13. The average molecular weight is 101 g/mol. The van der Waals surface area contributed by atoms with E-state index in [0.717, 1.165) is 0 Å². The zero-order chi connectivity index (χ0) is 5.49. The van der Waals surface area contributed by atoms with Crippen molar-refractivity contribution in [2.75, 3.05) is 0 Å². The van der Waals surface area contributed by atoms with Gasteiger partial charge in [-0.3, -0.25) is 16.8 Å². The molecule has 1 atom stereocenters. The number of carbonyl (C=O) groups is 1. The summed E-state index contributed by atoms with van der Waals surface area (Å²) in [6.07, 6.45) is 0.694. The molecule has 1 rings (SSSR count). The maximum atomic E-state index is 9.76. The Bertz CT molecular complexity index is 100. The quantitative estimate of drug-likeness (QED) is 0.197. The largest absolute Gasteiger partial charge is 0.301 e. The molecule has 0 aliphatic carbocycles. The van der Waals surface area contributed by atoms with Crippen molar-refractivity contribution in [2.45, 2.75) is 11.8 Å². The van der Waals surface area contributed by atoms with Gasteiger partial charge in [0.05, 0.1) is 0 Å². The molecule has 1 saturated heterocycles. The van der Waals surface area contributed by atoms with Crippen LogP contribution in [-0.2, 0) is 4.79 Å². The van der Waals surface area contributed by atoms with Gasteiger partial charge in [0.25, 0.3) is 0 Å². The van der Waals surface area contributed by atoms with Gasteiger partial charge in [-0.15, -0.1) is 0 Å². The van der Waals surface area contributed by atoms with Crippen LogP contribution in [0.4, 0.5) is 0 Å². The number of nitrogens with one attached hydrogen (secondary N) is 1. The molecule has 1 fully saturated rings. The predicted octanol–water partition coefficient (Wildman–Crippen LogP) is -2.27. The van der Waals surface area contributed by atoms with E-state index in [2.05, 4.69) is 5.32 Å². The van der Waals surface area contributed by atoms with Crippen LogP contribution in [0, 0.1) is 0 Å². The van der Waals surface area contributed by atoms with Crippen LogP contribution in [0.3, 0.4) is 0 Å². The van der Waals surface area contributed by atoms with Gasteiger partial charge in [0.1, 0.15) is 18.1 Å². The van der Waals surface area contributed by atoms with Crippen molar-refractivity contribution in [3.05, 3.63) is 0 Å². The van der Waals surface area contributed by atoms with Crippen LogP contribution in [0.25, 0.3) is 0 Å². The third-order valence-corrected chi connectivity index (χ3v) is 0.973. The fourth-order valence-corrected chi connectivity index (χ4v) is 0.374. The van der Waals surface area contributed by atoms with Crippen LogP contribution in [0.1, 0.15) is 0 Å². The third-order valence-electron chi connectivity index (χ3n) is 0.973. The molecule has 0 bridgehead atoms. The molecular formula is C3H7N3O. The number of nitrogens with two attached hydrogens (primary N) is 2. The minimum absolute atomic E-state index is 0.326. The first-order chi connectivity index (χ1) is 3.17. The van der Waals surface area contributed by atoms with Crippen molar-refractivity contribution in [2.24, 2.45) is 11.5 Å². The van der Waals surface area contributed by atoms with Gasteiger partial charge in [0, 0.05) is 0 Å². The van der Waals surface area contributed by atoms with E-state index in [0.29, 0.717) is 6.29 Å². The molecule has 0 aromatic carbocycles. The molecule has 0 saturated carbocycles. The second-order valence-corrected chi connectivity index (χ2v) is 1.69. The summed E-state index contributed by atoms with van der Waals surface area (Å²) in [7, 11) is 0. The van der Waals surface area contributed by atoms with Gasteiger partial charge >= 0.3 is 0 Å². The Labute approximate surface area is 40.9 Å². The van der Waals surface area contributed by atoms with Crippen molar-refractivity contribution in [1.29, 1.82) is 0 Å². The lowest BCUT2D eigenvalue weighted by molar-refractivity contribution is -0.107. The summed E-state index contributed by atoms with van der Waals surface area (Å²) in [6, 6.07) is -0.326. The smallest absolute Gasteiger partial charge is 0.142 e. The molecule has 1 aliphatic rings. The van der Waals surface area contributed by atoms with Crippen molar-refractivity contribution >= 4 is 6.29 Å². The van der Waals surface area contributed by atoms with E-state index in [1.807, 2.05) is 0 Å². The van der Waals surface area contributed by atoms with Crippen molar-refractivity contribution in [1.82, 2.24) is 5.32 Å². The first-order valence-electron chi connectivity index (χ1n) is 1.97. The van der Waals surface area contributed by atoms with Crippen LogP contribution in [0.2, 0.25) is 0 Å². The van der Waals surface area contributed by atoms with Crippen molar-refractivity contribution in [3.8, 4) is 0 Å². The second kappa shape index (κ2) is 1.03.